The fraction of sp³-hybridized carbons (Fsp3) is 0. The maximum Gasteiger partial charge on any atom is 0.231 e. The van der Waals surface area contributed by atoms with Gasteiger partial charge in [0.2, 0.25) is 5.71 Å². The van der Waals surface area contributed by atoms with E-state index < -0.39 is 0 Å². The zero-order chi connectivity index (χ0) is 16.7. The highest BCUT2D eigenvalue weighted by Gasteiger charge is 2.21. The largest absolute Gasteiger partial charge is 0.437 e. The van der Waals surface area contributed by atoms with Gasteiger partial charge in [-0.3, -0.25) is 0 Å². The number of fused-ring (bicyclic) bond motifs is 1. The smallest absolute Gasteiger partial charge is 0.231 e. The second kappa shape index (κ2) is 6.00. The van der Waals surface area contributed by atoms with Crippen LogP contribution in [0, 0.1) is 5.82 Å². The Hall–Kier alpha value is -2.24. The zero-order valence-electron chi connectivity index (χ0n) is 12.1. The fourth-order valence-corrected chi connectivity index (χ4v) is 3.08. The Morgan fingerprint density at radius 3 is 2.29 bits per heavy atom. The summed E-state index contributed by atoms with van der Waals surface area (Å²) in [5.41, 5.74) is 2.83. The molecule has 0 radical (unpaired) electrons. The van der Waals surface area contributed by atoms with Gasteiger partial charge in [-0.2, -0.15) is 0 Å². The molecule has 3 nitrogen and oxygen atoms in total. The Morgan fingerprint density at radius 2 is 1.58 bits per heavy atom. The lowest BCUT2D eigenvalue weighted by Gasteiger charge is -2.04. The molecule has 118 valence electrons. The Kier molecular flexibility index (Phi) is 3.82. The van der Waals surface area contributed by atoms with Gasteiger partial charge in [-0.1, -0.05) is 39.7 Å². The molecule has 6 heteroatoms. The number of aromatic nitrogens is 2. The van der Waals surface area contributed by atoms with E-state index in [1.165, 1.54) is 18.5 Å². The van der Waals surface area contributed by atoms with E-state index in [2.05, 4.69) is 25.9 Å². The Bertz CT molecular complexity index is 1030. The van der Waals surface area contributed by atoms with Crippen LogP contribution in [0.2, 0.25) is 5.15 Å². The first-order valence-electron chi connectivity index (χ1n) is 7.08. The van der Waals surface area contributed by atoms with Gasteiger partial charge in [0.05, 0.1) is 5.39 Å². The molecule has 0 amide bonds. The molecule has 0 aliphatic carbocycles. The van der Waals surface area contributed by atoms with Crippen LogP contribution in [0.5, 0.6) is 0 Å². The molecule has 0 saturated carbocycles. The minimum atomic E-state index is -0.308. The van der Waals surface area contributed by atoms with Gasteiger partial charge in [0.15, 0.2) is 0 Å². The van der Waals surface area contributed by atoms with Crippen LogP contribution in [0.4, 0.5) is 4.39 Å². The highest BCUT2D eigenvalue weighted by molar-refractivity contribution is 9.10. The third-order valence-electron chi connectivity index (χ3n) is 3.68. The minimum Gasteiger partial charge on any atom is -0.437 e. The molecule has 0 unspecified atom stereocenters. The van der Waals surface area contributed by atoms with Crippen molar-refractivity contribution >= 4 is 38.6 Å². The van der Waals surface area contributed by atoms with Crippen molar-refractivity contribution in [1.82, 2.24) is 9.97 Å². The number of halogens is 3. The van der Waals surface area contributed by atoms with Gasteiger partial charge in [-0.15, -0.1) is 0 Å². The maximum atomic E-state index is 13.3. The van der Waals surface area contributed by atoms with Crippen molar-refractivity contribution in [2.45, 2.75) is 0 Å². The van der Waals surface area contributed by atoms with Gasteiger partial charge in [-0.25, -0.2) is 14.4 Å². The van der Waals surface area contributed by atoms with Gasteiger partial charge in [0, 0.05) is 15.6 Å². The SMILES string of the molecule is Fc1ccc(-c2oc3ncnc(Cl)c3c2-c2ccc(Br)cc2)cc1. The number of rotatable bonds is 2. The molecule has 0 spiro atoms. The standard InChI is InChI=1S/C18H9BrClFN2O/c19-12-5-1-10(2-6-12)14-15-17(20)22-9-23-18(15)24-16(14)11-3-7-13(21)8-4-11/h1-9H. The average Bonchev–Trinajstić information content (AvgIpc) is 2.97. The van der Waals surface area contributed by atoms with Crippen molar-refractivity contribution in [3.05, 3.63) is 70.3 Å². The van der Waals surface area contributed by atoms with E-state index in [0.717, 1.165) is 21.2 Å². The van der Waals surface area contributed by atoms with Gasteiger partial charge < -0.3 is 4.42 Å². The summed E-state index contributed by atoms with van der Waals surface area (Å²) < 4.78 is 20.1. The van der Waals surface area contributed by atoms with Crippen LogP contribution in [0.15, 0.2) is 63.7 Å². The van der Waals surface area contributed by atoms with Crippen molar-refractivity contribution in [1.29, 1.82) is 0 Å². The van der Waals surface area contributed by atoms with Crippen LogP contribution < -0.4 is 0 Å². The predicted octanol–water partition coefficient (Wildman–Crippen LogP) is 6.11. The van der Waals surface area contributed by atoms with Crippen molar-refractivity contribution in [3.8, 4) is 22.5 Å². The summed E-state index contributed by atoms with van der Waals surface area (Å²) in [5.74, 6) is 0.271. The van der Waals surface area contributed by atoms with Crippen LogP contribution >= 0.6 is 27.5 Å². The highest BCUT2D eigenvalue weighted by atomic mass is 79.9. The molecule has 2 aromatic carbocycles. The van der Waals surface area contributed by atoms with E-state index in [1.807, 2.05) is 24.3 Å². The molecule has 0 bridgehead atoms. The summed E-state index contributed by atoms with van der Waals surface area (Å²) in [6, 6.07) is 13.9. The highest BCUT2D eigenvalue weighted by Crippen LogP contribution is 2.42. The number of hydrogen-bond acceptors (Lipinski definition) is 3. The predicted molar refractivity (Wildman–Crippen MR) is 95.3 cm³/mol. The van der Waals surface area contributed by atoms with E-state index in [1.54, 1.807) is 12.1 Å². The first-order valence-corrected chi connectivity index (χ1v) is 8.25. The number of nitrogens with zero attached hydrogens (tertiary/aromatic N) is 2. The van der Waals surface area contributed by atoms with Crippen LogP contribution in [-0.4, -0.2) is 9.97 Å². The van der Waals surface area contributed by atoms with E-state index in [9.17, 15) is 4.39 Å². The second-order valence-corrected chi connectivity index (χ2v) is 6.44. The van der Waals surface area contributed by atoms with Gasteiger partial charge in [-0.05, 0) is 42.0 Å². The summed E-state index contributed by atoms with van der Waals surface area (Å²) >= 11 is 9.72. The van der Waals surface area contributed by atoms with Crippen LogP contribution in [-0.2, 0) is 0 Å². The van der Waals surface area contributed by atoms with E-state index >= 15 is 0 Å². The minimum absolute atomic E-state index is 0.308. The molecule has 0 aliphatic rings. The molecular weight excluding hydrogens is 395 g/mol. The lowest BCUT2D eigenvalue weighted by Crippen LogP contribution is -1.84. The maximum absolute atomic E-state index is 13.3. The Balaban J connectivity index is 2.06. The average molecular weight is 404 g/mol. The second-order valence-electron chi connectivity index (χ2n) is 5.16. The molecule has 0 N–H and O–H groups in total. The first kappa shape index (κ1) is 15.3. The van der Waals surface area contributed by atoms with Gasteiger partial charge >= 0.3 is 0 Å². The van der Waals surface area contributed by atoms with Gasteiger partial charge in [0.25, 0.3) is 0 Å². The summed E-state index contributed by atoms with van der Waals surface area (Å²) in [7, 11) is 0. The van der Waals surface area contributed by atoms with Crippen molar-refractivity contribution in [2.75, 3.05) is 0 Å². The molecule has 4 rings (SSSR count). The molecule has 0 aliphatic heterocycles. The lowest BCUT2D eigenvalue weighted by atomic mass is 10.00. The van der Waals surface area contributed by atoms with E-state index in [0.29, 0.717) is 22.0 Å². The summed E-state index contributed by atoms with van der Waals surface area (Å²) in [5, 5.41) is 0.954. The third-order valence-corrected chi connectivity index (χ3v) is 4.50. The van der Waals surface area contributed by atoms with E-state index in [4.69, 9.17) is 16.0 Å². The van der Waals surface area contributed by atoms with Gasteiger partial charge in [0.1, 0.15) is 23.1 Å². The Labute approximate surface area is 150 Å². The monoisotopic (exact) mass is 402 g/mol. The molecule has 4 aromatic rings. The lowest BCUT2D eigenvalue weighted by molar-refractivity contribution is 0.615. The molecule has 24 heavy (non-hydrogen) atoms. The molecular formula is C18H9BrClFN2O. The van der Waals surface area contributed by atoms with E-state index in [-0.39, 0.29) is 5.82 Å². The van der Waals surface area contributed by atoms with Crippen molar-refractivity contribution in [2.24, 2.45) is 0 Å². The van der Waals surface area contributed by atoms with Crippen LogP contribution in [0.1, 0.15) is 0 Å². The quantitative estimate of drug-likeness (QED) is 0.379. The van der Waals surface area contributed by atoms with Crippen molar-refractivity contribution < 1.29 is 8.81 Å². The molecule has 2 heterocycles. The molecule has 2 aromatic heterocycles. The summed E-state index contributed by atoms with van der Waals surface area (Å²) in [6.45, 7) is 0. The molecule has 0 saturated heterocycles. The van der Waals surface area contributed by atoms with Crippen LogP contribution in [0.25, 0.3) is 33.6 Å². The van der Waals surface area contributed by atoms with Crippen LogP contribution in [0.3, 0.4) is 0 Å². The number of furan rings is 1. The normalized spacial score (nSPS) is 11.1. The first-order chi connectivity index (χ1) is 11.6. The molecule has 0 atom stereocenters. The topological polar surface area (TPSA) is 38.9 Å². The molecule has 0 fully saturated rings. The summed E-state index contributed by atoms with van der Waals surface area (Å²) in [4.78, 5) is 8.22. The third kappa shape index (κ3) is 2.60. The summed E-state index contributed by atoms with van der Waals surface area (Å²) in [6.07, 6.45) is 1.36. The number of hydrogen-bond donors (Lipinski definition) is 0. The number of benzene rings is 2. The zero-order valence-corrected chi connectivity index (χ0v) is 14.5. The van der Waals surface area contributed by atoms with Crippen molar-refractivity contribution in [3.63, 3.8) is 0 Å². The fourth-order valence-electron chi connectivity index (χ4n) is 2.59. The Morgan fingerprint density at radius 1 is 0.917 bits per heavy atom.